The van der Waals surface area contributed by atoms with E-state index in [2.05, 4.69) is 44.5 Å². The highest BCUT2D eigenvalue weighted by Crippen LogP contribution is 2.39. The molecule has 2 atom stereocenters. The first-order valence-corrected chi connectivity index (χ1v) is 9.42. The van der Waals surface area contributed by atoms with Gasteiger partial charge in [-0.15, -0.1) is 14.1 Å². The Labute approximate surface area is 152 Å². The van der Waals surface area contributed by atoms with Crippen molar-refractivity contribution in [3.8, 4) is 11.4 Å². The zero-order chi connectivity index (χ0) is 17.9. The summed E-state index contributed by atoms with van der Waals surface area (Å²) in [4.78, 5) is 2.02. The molecule has 0 fully saturated rings. The molecule has 4 nitrogen and oxygen atoms in total. The standard InChI is InChI=1S/C20H24ClN3O/c1-5-12(3)14-9-16(13(4)6-2)20(25)19(10-14)24-22-17-8-7-15(21)11-18(17)23(22)24/h7-13,25H,5-6H2,1-4H3. The van der Waals surface area contributed by atoms with E-state index in [4.69, 9.17) is 11.6 Å². The number of nitrogens with zero attached hydrogens (tertiary/aromatic N) is 3. The number of benzene rings is 2. The van der Waals surface area contributed by atoms with Crippen LogP contribution in [0.2, 0.25) is 5.02 Å². The smallest absolute Gasteiger partial charge is 0.146 e. The average molecular weight is 358 g/mol. The highest BCUT2D eigenvalue weighted by atomic mass is 35.5. The predicted octanol–water partition coefficient (Wildman–Crippen LogP) is 5.81. The molecule has 0 aliphatic heterocycles. The van der Waals surface area contributed by atoms with Crippen LogP contribution in [-0.4, -0.2) is 19.2 Å². The van der Waals surface area contributed by atoms with Gasteiger partial charge < -0.3 is 5.11 Å². The summed E-state index contributed by atoms with van der Waals surface area (Å²) in [6, 6.07) is 10.2. The first-order chi connectivity index (χ1) is 12.0. The molecule has 0 radical (unpaired) electrons. The molecule has 4 aromatic rings. The Morgan fingerprint density at radius 2 is 1.64 bits per heavy atom. The molecule has 0 aliphatic carbocycles. The minimum absolute atomic E-state index is 0.321. The fourth-order valence-electron chi connectivity index (χ4n) is 3.45. The maximum atomic E-state index is 11.0. The minimum atomic E-state index is 0.321. The van der Waals surface area contributed by atoms with Crippen LogP contribution in [0, 0.1) is 0 Å². The van der Waals surface area contributed by atoms with E-state index in [1.54, 1.807) is 0 Å². The number of phenolic OH excluding ortho intramolecular Hbond substituents is 1. The molecule has 2 aromatic heterocycles. The first-order valence-electron chi connectivity index (χ1n) is 9.04. The van der Waals surface area contributed by atoms with Crippen LogP contribution in [0.1, 0.15) is 63.5 Å². The largest absolute Gasteiger partial charge is 0.505 e. The van der Waals surface area contributed by atoms with Crippen molar-refractivity contribution < 1.29 is 5.11 Å². The van der Waals surface area contributed by atoms with Crippen molar-refractivity contribution in [2.75, 3.05) is 0 Å². The number of hydrogen-bond donors (Lipinski definition) is 1. The molecule has 25 heavy (non-hydrogen) atoms. The van der Waals surface area contributed by atoms with Gasteiger partial charge >= 0.3 is 0 Å². The second-order valence-electron chi connectivity index (χ2n) is 7.10. The van der Waals surface area contributed by atoms with E-state index in [1.165, 1.54) is 5.56 Å². The van der Waals surface area contributed by atoms with Gasteiger partial charge in [-0.25, -0.2) is 0 Å². The molecule has 132 valence electrons. The van der Waals surface area contributed by atoms with Gasteiger partial charge in [0.2, 0.25) is 0 Å². The molecule has 1 N–H and O–H groups in total. The second-order valence-corrected chi connectivity index (χ2v) is 7.53. The van der Waals surface area contributed by atoms with Gasteiger partial charge in [-0.3, -0.25) is 0 Å². The number of rotatable bonds is 5. The lowest BCUT2D eigenvalue weighted by atomic mass is 9.90. The summed E-state index contributed by atoms with van der Waals surface area (Å²) < 4.78 is 4.10. The van der Waals surface area contributed by atoms with Crippen LogP contribution in [0.15, 0.2) is 30.3 Å². The summed E-state index contributed by atoms with van der Waals surface area (Å²) in [5, 5.41) is 11.7. The fraction of sp³-hybridized carbons (Fsp3) is 0.400. The van der Waals surface area contributed by atoms with Gasteiger partial charge in [0, 0.05) is 5.02 Å². The van der Waals surface area contributed by atoms with E-state index in [0.717, 1.165) is 40.1 Å². The molecule has 0 saturated heterocycles. The van der Waals surface area contributed by atoms with Gasteiger partial charge in [0.15, 0.2) is 0 Å². The van der Waals surface area contributed by atoms with Crippen LogP contribution in [0.5, 0.6) is 5.75 Å². The Morgan fingerprint density at radius 3 is 2.32 bits per heavy atom. The van der Waals surface area contributed by atoms with Crippen LogP contribution in [0.3, 0.4) is 0 Å². The first kappa shape index (κ1) is 16.4. The number of hydrogen-bond acceptors (Lipinski definition) is 1. The van der Waals surface area contributed by atoms with Crippen molar-refractivity contribution in [2.24, 2.45) is 0 Å². The third kappa shape index (κ3) is 2.35. The van der Waals surface area contributed by atoms with Gasteiger partial charge in [0.05, 0.1) is 0 Å². The van der Waals surface area contributed by atoms with Gasteiger partial charge in [-0.05, 0) is 60.1 Å². The summed E-state index contributed by atoms with van der Waals surface area (Å²) in [5.74, 6) is 1.16. The Balaban J connectivity index is 1.91. The Hall–Kier alpha value is -2.07. The third-order valence-electron chi connectivity index (χ3n) is 5.56. The third-order valence-corrected chi connectivity index (χ3v) is 5.79. The lowest BCUT2D eigenvalue weighted by Gasteiger charge is -2.18. The molecular weight excluding hydrogens is 334 g/mol. The lowest BCUT2D eigenvalue weighted by Crippen LogP contribution is -2.01. The molecule has 0 aliphatic rings. The minimum Gasteiger partial charge on any atom is -0.505 e. The number of phenols is 1. The van der Waals surface area contributed by atoms with E-state index >= 15 is 0 Å². The molecule has 2 heterocycles. The van der Waals surface area contributed by atoms with E-state index in [9.17, 15) is 5.11 Å². The van der Waals surface area contributed by atoms with E-state index in [-0.39, 0.29) is 0 Å². The predicted molar refractivity (Wildman–Crippen MR) is 103 cm³/mol. The van der Waals surface area contributed by atoms with Crippen LogP contribution in [-0.2, 0) is 0 Å². The van der Waals surface area contributed by atoms with Gasteiger partial charge in [-0.1, -0.05) is 45.4 Å². The molecule has 5 heteroatoms. The number of fused-ring (bicyclic) bond motifs is 4. The number of aromatic hydroxyl groups is 1. The molecule has 0 spiro atoms. The topological polar surface area (TPSA) is 34.0 Å². The molecule has 0 amide bonds. The fourth-order valence-corrected chi connectivity index (χ4v) is 3.62. The van der Waals surface area contributed by atoms with Gasteiger partial charge in [-0.2, -0.15) is 0 Å². The highest BCUT2D eigenvalue weighted by molar-refractivity contribution is 6.31. The van der Waals surface area contributed by atoms with Crippen molar-refractivity contribution >= 4 is 22.6 Å². The van der Waals surface area contributed by atoms with E-state index < -0.39 is 0 Å². The monoisotopic (exact) mass is 357 g/mol. The maximum absolute atomic E-state index is 11.0. The lowest BCUT2D eigenvalue weighted by molar-refractivity contribution is 0.457. The van der Waals surface area contributed by atoms with Crippen LogP contribution >= 0.6 is 11.6 Å². The van der Waals surface area contributed by atoms with Crippen molar-refractivity contribution in [2.45, 2.75) is 52.4 Å². The summed E-state index contributed by atoms with van der Waals surface area (Å²) in [7, 11) is 0. The molecule has 0 bridgehead atoms. The van der Waals surface area contributed by atoms with Crippen molar-refractivity contribution in [1.82, 2.24) is 14.1 Å². The summed E-state index contributed by atoms with van der Waals surface area (Å²) in [6.07, 6.45) is 2.08. The number of aromatic nitrogens is 3. The van der Waals surface area contributed by atoms with E-state index in [0.29, 0.717) is 17.6 Å². The highest BCUT2D eigenvalue weighted by Gasteiger charge is 2.28. The maximum Gasteiger partial charge on any atom is 0.146 e. The Bertz CT molecular complexity index is 1040. The molecule has 2 unspecified atom stereocenters. The van der Waals surface area contributed by atoms with Crippen molar-refractivity contribution in [3.63, 3.8) is 0 Å². The van der Waals surface area contributed by atoms with Crippen molar-refractivity contribution in [1.29, 1.82) is 0 Å². The molecule has 0 saturated carbocycles. The van der Waals surface area contributed by atoms with Crippen molar-refractivity contribution in [3.05, 3.63) is 46.5 Å². The zero-order valence-electron chi connectivity index (χ0n) is 15.1. The normalized spacial score (nSPS) is 14.8. The quantitative estimate of drug-likeness (QED) is 0.480. The number of halogens is 1. The van der Waals surface area contributed by atoms with Crippen LogP contribution in [0.25, 0.3) is 16.7 Å². The molecule has 2 aromatic carbocycles. The van der Waals surface area contributed by atoms with Crippen LogP contribution < -0.4 is 0 Å². The zero-order valence-corrected chi connectivity index (χ0v) is 15.9. The summed E-state index contributed by atoms with van der Waals surface area (Å²) in [6.45, 7) is 8.77. The molecule has 4 rings (SSSR count). The molecular formula is C20H24ClN3O. The second kappa shape index (κ2) is 5.73. The van der Waals surface area contributed by atoms with Gasteiger partial charge in [0.25, 0.3) is 0 Å². The SMILES string of the molecule is CCC(C)c1cc(C(C)CC)c(O)c(-n2n3c4ccc(Cl)cc4n23)c1. The Kier molecular flexibility index (Phi) is 3.76. The summed E-state index contributed by atoms with van der Waals surface area (Å²) >= 11 is 6.12. The van der Waals surface area contributed by atoms with Crippen LogP contribution in [0.4, 0.5) is 0 Å². The van der Waals surface area contributed by atoms with Gasteiger partial charge in [0.1, 0.15) is 22.5 Å². The van der Waals surface area contributed by atoms with E-state index in [1.807, 2.05) is 27.6 Å². The Morgan fingerprint density at radius 1 is 0.960 bits per heavy atom. The summed E-state index contributed by atoms with van der Waals surface area (Å²) in [5.41, 5.74) is 5.35. The average Bonchev–Trinajstić information content (AvgIpc) is 3.28.